The topological polar surface area (TPSA) is 37.4 Å². The van der Waals surface area contributed by atoms with Gasteiger partial charge >= 0.3 is 0 Å². The Hall–Kier alpha value is -0.590. The SMILES string of the molecule is O=S(=O)(c1cccc(Cl)c1Cl)N1CCC[C@@H]1c1cccs1. The summed E-state index contributed by atoms with van der Waals surface area (Å²) in [6.45, 7) is 0.508. The van der Waals surface area contributed by atoms with E-state index in [9.17, 15) is 8.42 Å². The van der Waals surface area contributed by atoms with Crippen molar-refractivity contribution in [2.75, 3.05) is 6.54 Å². The number of hydrogen-bond acceptors (Lipinski definition) is 3. The Bertz CT molecular complexity index is 744. The van der Waals surface area contributed by atoms with E-state index >= 15 is 0 Å². The Morgan fingerprint density at radius 1 is 1.19 bits per heavy atom. The average Bonchev–Trinajstić information content (AvgIpc) is 3.11. The molecule has 1 fully saturated rings. The van der Waals surface area contributed by atoms with Gasteiger partial charge in [-0.3, -0.25) is 0 Å². The third-order valence-electron chi connectivity index (χ3n) is 3.58. The lowest BCUT2D eigenvalue weighted by Gasteiger charge is -2.24. The summed E-state index contributed by atoms with van der Waals surface area (Å²) in [5, 5.41) is 2.31. The van der Waals surface area contributed by atoms with Crippen LogP contribution < -0.4 is 0 Å². The van der Waals surface area contributed by atoms with E-state index in [0.29, 0.717) is 6.54 Å². The van der Waals surface area contributed by atoms with Crippen LogP contribution in [0.4, 0.5) is 0 Å². The maximum Gasteiger partial charge on any atom is 0.245 e. The Balaban J connectivity index is 2.03. The number of rotatable bonds is 3. The molecule has 0 saturated carbocycles. The lowest BCUT2D eigenvalue weighted by atomic mass is 10.2. The van der Waals surface area contributed by atoms with Gasteiger partial charge in [-0.05, 0) is 36.4 Å². The Morgan fingerprint density at radius 2 is 2.00 bits per heavy atom. The van der Waals surface area contributed by atoms with Crippen LogP contribution in [0.1, 0.15) is 23.8 Å². The predicted molar refractivity (Wildman–Crippen MR) is 86.6 cm³/mol. The summed E-state index contributed by atoms with van der Waals surface area (Å²) in [4.78, 5) is 1.15. The Morgan fingerprint density at radius 3 is 2.71 bits per heavy atom. The molecule has 1 aliphatic rings. The molecule has 3 nitrogen and oxygen atoms in total. The molecule has 1 aromatic heterocycles. The minimum Gasteiger partial charge on any atom is -0.207 e. The molecule has 21 heavy (non-hydrogen) atoms. The zero-order valence-corrected chi connectivity index (χ0v) is 14.1. The lowest BCUT2D eigenvalue weighted by Crippen LogP contribution is -2.30. The molecule has 0 unspecified atom stereocenters. The molecule has 7 heteroatoms. The highest BCUT2D eigenvalue weighted by Crippen LogP contribution is 2.40. The number of hydrogen-bond donors (Lipinski definition) is 0. The van der Waals surface area contributed by atoms with E-state index in [-0.39, 0.29) is 21.0 Å². The maximum atomic E-state index is 12.9. The fourth-order valence-corrected chi connectivity index (χ4v) is 5.96. The van der Waals surface area contributed by atoms with Crippen LogP contribution in [0.2, 0.25) is 10.0 Å². The molecule has 1 aliphatic heterocycles. The summed E-state index contributed by atoms with van der Waals surface area (Å²) >= 11 is 13.6. The van der Waals surface area contributed by atoms with Crippen LogP contribution in [0, 0.1) is 0 Å². The summed E-state index contributed by atoms with van der Waals surface area (Å²) in [7, 11) is -3.64. The molecule has 2 aromatic rings. The Labute approximate surface area is 138 Å². The van der Waals surface area contributed by atoms with Crippen molar-refractivity contribution in [3.05, 3.63) is 50.6 Å². The molecule has 0 spiro atoms. The van der Waals surface area contributed by atoms with Crippen LogP contribution in [0.3, 0.4) is 0 Å². The molecule has 1 aromatic carbocycles. The minimum atomic E-state index is -3.64. The van der Waals surface area contributed by atoms with Crippen LogP contribution in [-0.4, -0.2) is 19.3 Å². The molecule has 0 aliphatic carbocycles. The molecule has 2 heterocycles. The second-order valence-electron chi connectivity index (χ2n) is 4.84. The summed E-state index contributed by atoms with van der Waals surface area (Å²) in [6.07, 6.45) is 1.68. The summed E-state index contributed by atoms with van der Waals surface area (Å²) < 4.78 is 27.3. The molecule has 3 rings (SSSR count). The monoisotopic (exact) mass is 361 g/mol. The van der Waals surface area contributed by atoms with Gasteiger partial charge in [-0.1, -0.05) is 35.3 Å². The highest BCUT2D eigenvalue weighted by atomic mass is 35.5. The predicted octanol–water partition coefficient (Wildman–Crippen LogP) is 4.58. The van der Waals surface area contributed by atoms with Crippen molar-refractivity contribution in [2.24, 2.45) is 0 Å². The van der Waals surface area contributed by atoms with Gasteiger partial charge in [-0.2, -0.15) is 4.31 Å². The smallest absolute Gasteiger partial charge is 0.207 e. The molecule has 112 valence electrons. The molecule has 1 saturated heterocycles. The van der Waals surface area contributed by atoms with Crippen LogP contribution in [0.25, 0.3) is 0 Å². The minimum absolute atomic E-state index is 0.0834. The first-order chi connectivity index (χ1) is 10.0. The van der Waals surface area contributed by atoms with Gasteiger partial charge in [-0.15, -0.1) is 11.3 Å². The van der Waals surface area contributed by atoms with Crippen LogP contribution in [0.5, 0.6) is 0 Å². The first kappa shape index (κ1) is 15.3. The van der Waals surface area contributed by atoms with Gasteiger partial charge in [0.2, 0.25) is 10.0 Å². The average molecular weight is 362 g/mol. The number of thiophene rings is 1. The standard InChI is InChI=1S/C14H13Cl2NO2S2/c15-10-4-1-7-13(14(10)16)21(18,19)17-8-2-5-11(17)12-6-3-9-20-12/h1,3-4,6-7,9,11H,2,5,8H2/t11-/m1/s1. The van der Waals surface area contributed by atoms with Gasteiger partial charge < -0.3 is 0 Å². The normalized spacial score (nSPS) is 20.0. The van der Waals surface area contributed by atoms with E-state index in [2.05, 4.69) is 0 Å². The van der Waals surface area contributed by atoms with Crippen LogP contribution in [-0.2, 0) is 10.0 Å². The zero-order valence-electron chi connectivity index (χ0n) is 11.0. The lowest BCUT2D eigenvalue weighted by molar-refractivity contribution is 0.401. The summed E-state index contributed by atoms with van der Waals surface area (Å²) in [6, 6.07) is 8.51. The van der Waals surface area contributed by atoms with Crippen molar-refractivity contribution in [1.82, 2.24) is 4.31 Å². The van der Waals surface area contributed by atoms with Crippen LogP contribution in [0.15, 0.2) is 40.6 Å². The van der Waals surface area contributed by atoms with Crippen molar-refractivity contribution >= 4 is 44.6 Å². The van der Waals surface area contributed by atoms with Crippen molar-refractivity contribution in [1.29, 1.82) is 0 Å². The fourth-order valence-electron chi connectivity index (χ4n) is 2.60. The molecule has 0 amide bonds. The van der Waals surface area contributed by atoms with Crippen molar-refractivity contribution in [3.8, 4) is 0 Å². The fraction of sp³-hybridized carbons (Fsp3) is 0.286. The van der Waals surface area contributed by atoms with Crippen molar-refractivity contribution < 1.29 is 8.42 Å². The third-order valence-corrected chi connectivity index (χ3v) is 7.43. The second kappa shape index (κ2) is 5.89. The second-order valence-corrected chi connectivity index (χ2v) is 8.46. The summed E-state index contributed by atoms with van der Waals surface area (Å²) in [5.74, 6) is 0. The van der Waals surface area contributed by atoms with E-state index in [4.69, 9.17) is 23.2 Å². The highest BCUT2D eigenvalue weighted by molar-refractivity contribution is 7.89. The number of halogens is 2. The van der Waals surface area contributed by atoms with Gasteiger partial charge in [0, 0.05) is 11.4 Å². The van der Waals surface area contributed by atoms with Gasteiger partial charge in [0.05, 0.1) is 16.1 Å². The molecular formula is C14H13Cl2NO2S2. The molecule has 0 bridgehead atoms. The number of sulfonamides is 1. The largest absolute Gasteiger partial charge is 0.245 e. The molecule has 0 radical (unpaired) electrons. The van der Waals surface area contributed by atoms with E-state index in [1.807, 2.05) is 17.5 Å². The molecule has 1 atom stereocenters. The van der Waals surface area contributed by atoms with E-state index in [1.165, 1.54) is 10.4 Å². The number of benzene rings is 1. The van der Waals surface area contributed by atoms with E-state index in [1.54, 1.807) is 23.5 Å². The highest BCUT2D eigenvalue weighted by Gasteiger charge is 2.37. The van der Waals surface area contributed by atoms with Gasteiger partial charge in [0.15, 0.2) is 0 Å². The third kappa shape index (κ3) is 2.73. The van der Waals surface area contributed by atoms with Gasteiger partial charge in [-0.25, -0.2) is 8.42 Å². The number of nitrogens with zero attached hydrogens (tertiary/aromatic N) is 1. The van der Waals surface area contributed by atoms with Crippen molar-refractivity contribution in [3.63, 3.8) is 0 Å². The van der Waals surface area contributed by atoms with Crippen LogP contribution >= 0.6 is 34.5 Å². The summed E-state index contributed by atoms with van der Waals surface area (Å²) in [5.41, 5.74) is 0. The molecular weight excluding hydrogens is 349 g/mol. The first-order valence-electron chi connectivity index (χ1n) is 6.51. The zero-order chi connectivity index (χ0) is 15.0. The molecule has 0 N–H and O–H groups in total. The Kier molecular flexibility index (Phi) is 4.30. The van der Waals surface area contributed by atoms with Gasteiger partial charge in [0.1, 0.15) is 4.90 Å². The first-order valence-corrected chi connectivity index (χ1v) is 9.58. The van der Waals surface area contributed by atoms with Crippen molar-refractivity contribution in [2.45, 2.75) is 23.8 Å². The quantitative estimate of drug-likeness (QED) is 0.801. The van der Waals surface area contributed by atoms with E-state index < -0.39 is 10.0 Å². The maximum absolute atomic E-state index is 12.9. The van der Waals surface area contributed by atoms with E-state index in [0.717, 1.165) is 17.7 Å². The van der Waals surface area contributed by atoms with Gasteiger partial charge in [0.25, 0.3) is 0 Å².